The van der Waals surface area contributed by atoms with Crippen molar-refractivity contribution in [1.82, 2.24) is 0 Å². The van der Waals surface area contributed by atoms with Crippen LogP contribution in [0.2, 0.25) is 0 Å². The van der Waals surface area contributed by atoms with Crippen LogP contribution in [0.15, 0.2) is 66.7 Å². The quantitative estimate of drug-likeness (QED) is 0.541. The van der Waals surface area contributed by atoms with E-state index in [0.717, 1.165) is 17.4 Å². The van der Waals surface area contributed by atoms with E-state index in [1.165, 1.54) is 0 Å². The standard InChI is InChI=1S/C23H24O5/c1-15(27-22(26)21-19(23(21,2)3)12-13-20(24)25)16-8-7-11-18(14-16)28-17-9-5-4-6-10-17/h4-15,19,21H,1-3H3,(H,24,25)/t15-,19+,21+/m1/s1. The number of ether oxygens (including phenoxy) is 2. The molecule has 28 heavy (non-hydrogen) atoms. The molecule has 2 aromatic rings. The summed E-state index contributed by atoms with van der Waals surface area (Å²) >= 11 is 0. The molecule has 0 bridgehead atoms. The SMILES string of the molecule is C[C@@H](OC(=O)[C@@H]1[C@H](C=CC(=O)O)C1(C)C)c1cccc(Oc2ccccc2)c1. The molecule has 0 radical (unpaired) electrons. The van der Waals surface area contributed by atoms with Crippen molar-refractivity contribution in [3.63, 3.8) is 0 Å². The topological polar surface area (TPSA) is 72.8 Å². The van der Waals surface area contributed by atoms with Gasteiger partial charge in [0.2, 0.25) is 0 Å². The number of carbonyl (C=O) groups excluding carboxylic acids is 1. The average molecular weight is 380 g/mol. The van der Waals surface area contributed by atoms with E-state index in [0.29, 0.717) is 5.75 Å². The molecule has 3 atom stereocenters. The van der Waals surface area contributed by atoms with E-state index < -0.39 is 12.1 Å². The van der Waals surface area contributed by atoms with Gasteiger partial charge >= 0.3 is 11.9 Å². The van der Waals surface area contributed by atoms with Gasteiger partial charge in [0.15, 0.2) is 0 Å². The Morgan fingerprint density at radius 1 is 1.07 bits per heavy atom. The van der Waals surface area contributed by atoms with Gasteiger partial charge in [-0.25, -0.2) is 4.79 Å². The van der Waals surface area contributed by atoms with Crippen LogP contribution in [-0.2, 0) is 14.3 Å². The van der Waals surface area contributed by atoms with Crippen molar-refractivity contribution < 1.29 is 24.2 Å². The van der Waals surface area contributed by atoms with Crippen LogP contribution in [0.25, 0.3) is 0 Å². The Balaban J connectivity index is 1.65. The van der Waals surface area contributed by atoms with Crippen molar-refractivity contribution in [3.8, 4) is 11.5 Å². The van der Waals surface area contributed by atoms with Gasteiger partial charge in [0.25, 0.3) is 0 Å². The molecule has 0 aliphatic heterocycles. The number of carboxylic acid groups (broad SMARTS) is 1. The first-order valence-corrected chi connectivity index (χ1v) is 9.23. The number of rotatable bonds is 7. The Kier molecular flexibility index (Phi) is 5.54. The molecule has 1 fully saturated rings. The molecule has 0 aromatic heterocycles. The Hall–Kier alpha value is -3.08. The molecule has 0 spiro atoms. The number of esters is 1. The molecule has 0 amide bonds. The number of hydrogen-bond donors (Lipinski definition) is 1. The molecule has 0 unspecified atom stereocenters. The number of carboxylic acids is 1. The van der Waals surface area contributed by atoms with Gasteiger partial charge in [-0.1, -0.05) is 50.3 Å². The largest absolute Gasteiger partial charge is 0.478 e. The highest BCUT2D eigenvalue weighted by molar-refractivity contribution is 5.82. The van der Waals surface area contributed by atoms with Gasteiger partial charge in [-0.2, -0.15) is 0 Å². The van der Waals surface area contributed by atoms with Crippen molar-refractivity contribution in [2.45, 2.75) is 26.9 Å². The number of carbonyl (C=O) groups is 2. The van der Waals surface area contributed by atoms with Gasteiger partial charge in [0, 0.05) is 6.08 Å². The minimum atomic E-state index is -1.02. The molecule has 5 nitrogen and oxygen atoms in total. The normalized spacial score (nSPS) is 21.1. The molecule has 1 N–H and O–H groups in total. The van der Waals surface area contributed by atoms with E-state index in [1.807, 2.05) is 75.4 Å². The van der Waals surface area contributed by atoms with Crippen LogP contribution in [0.5, 0.6) is 11.5 Å². The fraction of sp³-hybridized carbons (Fsp3) is 0.304. The lowest BCUT2D eigenvalue weighted by molar-refractivity contribution is -0.151. The first kappa shape index (κ1) is 19.7. The number of benzene rings is 2. The predicted molar refractivity (Wildman–Crippen MR) is 105 cm³/mol. The molecule has 1 aliphatic rings. The van der Waals surface area contributed by atoms with E-state index in [4.69, 9.17) is 14.6 Å². The fourth-order valence-electron chi connectivity index (χ4n) is 3.44. The van der Waals surface area contributed by atoms with Crippen LogP contribution in [0.3, 0.4) is 0 Å². The van der Waals surface area contributed by atoms with Crippen molar-refractivity contribution in [1.29, 1.82) is 0 Å². The summed E-state index contributed by atoms with van der Waals surface area (Å²) in [5, 5.41) is 8.80. The minimum Gasteiger partial charge on any atom is -0.478 e. The first-order chi connectivity index (χ1) is 13.3. The van der Waals surface area contributed by atoms with Crippen molar-refractivity contribution >= 4 is 11.9 Å². The van der Waals surface area contributed by atoms with Crippen LogP contribution < -0.4 is 4.74 Å². The highest BCUT2D eigenvalue weighted by Gasteiger charge is 2.61. The Morgan fingerprint density at radius 2 is 1.75 bits per heavy atom. The lowest BCUT2D eigenvalue weighted by atomic mass is 10.1. The zero-order valence-corrected chi connectivity index (χ0v) is 16.2. The summed E-state index contributed by atoms with van der Waals surface area (Å²) in [7, 11) is 0. The third-order valence-electron chi connectivity index (χ3n) is 5.21. The van der Waals surface area contributed by atoms with Crippen LogP contribution in [0.4, 0.5) is 0 Å². The van der Waals surface area contributed by atoms with Gasteiger partial charge in [0.05, 0.1) is 5.92 Å². The summed E-state index contributed by atoms with van der Waals surface area (Å²) in [5.74, 6) is -0.395. The van der Waals surface area contributed by atoms with Gasteiger partial charge in [0.1, 0.15) is 17.6 Å². The Labute approximate surface area is 164 Å². The second-order valence-corrected chi connectivity index (χ2v) is 7.59. The maximum atomic E-state index is 12.6. The number of para-hydroxylation sites is 1. The van der Waals surface area contributed by atoms with Crippen molar-refractivity contribution in [2.24, 2.45) is 17.3 Å². The molecule has 3 rings (SSSR count). The highest BCUT2D eigenvalue weighted by atomic mass is 16.5. The lowest BCUT2D eigenvalue weighted by Gasteiger charge is -2.15. The Bertz CT molecular complexity index is 885. The third kappa shape index (κ3) is 4.42. The maximum Gasteiger partial charge on any atom is 0.327 e. The summed E-state index contributed by atoms with van der Waals surface area (Å²) in [5.41, 5.74) is 0.527. The molecular formula is C23H24O5. The van der Waals surface area contributed by atoms with E-state index in [2.05, 4.69) is 0 Å². The number of aliphatic carboxylic acids is 1. The summed E-state index contributed by atoms with van der Waals surface area (Å²) in [4.78, 5) is 23.3. The summed E-state index contributed by atoms with van der Waals surface area (Å²) < 4.78 is 11.5. The zero-order chi connectivity index (χ0) is 20.3. The van der Waals surface area contributed by atoms with E-state index in [9.17, 15) is 9.59 Å². The van der Waals surface area contributed by atoms with Gasteiger partial charge < -0.3 is 14.6 Å². The second-order valence-electron chi connectivity index (χ2n) is 7.59. The molecular weight excluding hydrogens is 356 g/mol. The van der Waals surface area contributed by atoms with Crippen molar-refractivity contribution in [3.05, 3.63) is 72.3 Å². The maximum absolute atomic E-state index is 12.6. The minimum absolute atomic E-state index is 0.129. The van der Waals surface area contributed by atoms with Gasteiger partial charge in [-0.05, 0) is 48.1 Å². The first-order valence-electron chi connectivity index (χ1n) is 9.23. The smallest absolute Gasteiger partial charge is 0.327 e. The predicted octanol–water partition coefficient (Wildman–Crippen LogP) is 5.00. The molecule has 5 heteroatoms. The molecule has 0 heterocycles. The lowest BCUT2D eigenvalue weighted by Crippen LogP contribution is -2.13. The van der Waals surface area contributed by atoms with Gasteiger partial charge in [-0.3, -0.25) is 4.79 Å². The second kappa shape index (κ2) is 7.89. The summed E-state index contributed by atoms with van der Waals surface area (Å²) in [6.07, 6.45) is 2.23. The van der Waals surface area contributed by atoms with Crippen LogP contribution in [-0.4, -0.2) is 17.0 Å². The highest BCUT2D eigenvalue weighted by Crippen LogP contribution is 2.59. The van der Waals surface area contributed by atoms with Gasteiger partial charge in [-0.15, -0.1) is 0 Å². The Morgan fingerprint density at radius 3 is 2.43 bits per heavy atom. The fourth-order valence-corrected chi connectivity index (χ4v) is 3.44. The number of allylic oxidation sites excluding steroid dienone is 1. The average Bonchev–Trinajstić information content (AvgIpc) is 3.21. The zero-order valence-electron chi connectivity index (χ0n) is 16.2. The third-order valence-corrected chi connectivity index (χ3v) is 5.21. The van der Waals surface area contributed by atoms with Crippen LogP contribution in [0, 0.1) is 17.3 Å². The van der Waals surface area contributed by atoms with Crippen LogP contribution in [0.1, 0.15) is 32.4 Å². The van der Waals surface area contributed by atoms with E-state index >= 15 is 0 Å². The summed E-state index contributed by atoms with van der Waals surface area (Å²) in [6, 6.07) is 16.9. The molecule has 1 saturated carbocycles. The molecule has 2 aromatic carbocycles. The molecule has 1 aliphatic carbocycles. The molecule has 146 valence electrons. The van der Waals surface area contributed by atoms with Crippen molar-refractivity contribution in [2.75, 3.05) is 0 Å². The van der Waals surface area contributed by atoms with E-state index in [1.54, 1.807) is 6.08 Å². The monoisotopic (exact) mass is 380 g/mol. The van der Waals surface area contributed by atoms with E-state index in [-0.39, 0.29) is 23.2 Å². The number of hydrogen-bond acceptors (Lipinski definition) is 4. The van der Waals surface area contributed by atoms with Crippen LogP contribution >= 0.6 is 0 Å². The summed E-state index contributed by atoms with van der Waals surface area (Å²) in [6.45, 7) is 5.69. The molecule has 0 saturated heterocycles.